The molecule has 3 nitrogen and oxygen atoms in total. The van der Waals surface area contributed by atoms with Crippen LogP contribution in [0.5, 0.6) is 0 Å². The fourth-order valence-corrected chi connectivity index (χ4v) is 0.449. The minimum atomic E-state index is 0.296. The molecule has 7 heavy (non-hydrogen) atoms. The monoisotopic (exact) mass is 103 g/mol. The SMILES string of the molecule is CNOC1COC1. The van der Waals surface area contributed by atoms with E-state index in [-0.39, 0.29) is 0 Å². The molecule has 0 aromatic carbocycles. The van der Waals surface area contributed by atoms with Crippen LogP contribution in [0, 0.1) is 0 Å². The highest BCUT2D eigenvalue weighted by Crippen LogP contribution is 2.01. The van der Waals surface area contributed by atoms with E-state index in [9.17, 15) is 0 Å². The van der Waals surface area contributed by atoms with Gasteiger partial charge in [0, 0.05) is 7.05 Å². The van der Waals surface area contributed by atoms with Gasteiger partial charge in [0.05, 0.1) is 13.2 Å². The number of ether oxygens (including phenoxy) is 1. The largest absolute Gasteiger partial charge is 0.376 e. The second-order valence-electron chi connectivity index (χ2n) is 1.48. The molecular weight excluding hydrogens is 94.0 g/mol. The number of hydrogen-bond donors (Lipinski definition) is 1. The third-order valence-corrected chi connectivity index (χ3v) is 0.892. The highest BCUT2D eigenvalue weighted by Gasteiger charge is 2.17. The Labute approximate surface area is 42.6 Å². The van der Waals surface area contributed by atoms with Gasteiger partial charge in [0.15, 0.2) is 0 Å². The summed E-state index contributed by atoms with van der Waals surface area (Å²) >= 11 is 0. The van der Waals surface area contributed by atoms with Gasteiger partial charge >= 0.3 is 0 Å². The van der Waals surface area contributed by atoms with Crippen molar-refractivity contribution in [3.8, 4) is 0 Å². The van der Waals surface area contributed by atoms with Crippen LogP contribution in [0.1, 0.15) is 0 Å². The standard InChI is InChI=1S/C4H9NO2/c1-5-7-4-2-6-3-4/h4-5H,2-3H2,1H3. The summed E-state index contributed by atoms with van der Waals surface area (Å²) in [5, 5.41) is 0. The van der Waals surface area contributed by atoms with Gasteiger partial charge in [-0.1, -0.05) is 0 Å². The van der Waals surface area contributed by atoms with Gasteiger partial charge in [0.2, 0.25) is 0 Å². The molecule has 0 aromatic rings. The molecule has 1 fully saturated rings. The Balaban J connectivity index is 1.93. The Morgan fingerprint density at radius 2 is 2.43 bits per heavy atom. The predicted molar refractivity (Wildman–Crippen MR) is 24.8 cm³/mol. The minimum absolute atomic E-state index is 0.296. The summed E-state index contributed by atoms with van der Waals surface area (Å²) in [6, 6.07) is 0. The summed E-state index contributed by atoms with van der Waals surface area (Å²) in [5.41, 5.74) is 2.59. The highest BCUT2D eigenvalue weighted by atomic mass is 16.7. The van der Waals surface area contributed by atoms with E-state index in [0.717, 1.165) is 13.2 Å². The molecule has 3 heteroatoms. The van der Waals surface area contributed by atoms with Crippen molar-refractivity contribution in [1.29, 1.82) is 0 Å². The summed E-state index contributed by atoms with van der Waals surface area (Å²) in [7, 11) is 1.75. The Morgan fingerprint density at radius 3 is 2.57 bits per heavy atom. The lowest BCUT2D eigenvalue weighted by atomic mass is 10.3. The summed E-state index contributed by atoms with van der Waals surface area (Å²) in [4.78, 5) is 4.90. The van der Waals surface area contributed by atoms with E-state index in [0.29, 0.717) is 6.10 Å². The molecule has 0 spiro atoms. The topological polar surface area (TPSA) is 30.5 Å². The number of hydroxylamine groups is 1. The van der Waals surface area contributed by atoms with E-state index in [1.165, 1.54) is 0 Å². The molecule has 1 aliphatic rings. The number of hydrogen-bond acceptors (Lipinski definition) is 3. The second kappa shape index (κ2) is 2.26. The molecule has 1 aliphatic heterocycles. The first-order valence-electron chi connectivity index (χ1n) is 2.33. The Kier molecular flexibility index (Phi) is 1.62. The van der Waals surface area contributed by atoms with Crippen molar-refractivity contribution in [2.75, 3.05) is 20.3 Å². The predicted octanol–water partition coefficient (Wildman–Crippen LogP) is -0.464. The highest BCUT2D eigenvalue weighted by molar-refractivity contribution is 4.61. The zero-order chi connectivity index (χ0) is 5.11. The molecule has 0 atom stereocenters. The van der Waals surface area contributed by atoms with Gasteiger partial charge in [-0.3, -0.25) is 4.84 Å². The van der Waals surface area contributed by atoms with Crippen molar-refractivity contribution in [3.63, 3.8) is 0 Å². The van der Waals surface area contributed by atoms with Crippen LogP contribution in [-0.4, -0.2) is 26.4 Å². The van der Waals surface area contributed by atoms with E-state index < -0.39 is 0 Å². The van der Waals surface area contributed by atoms with Gasteiger partial charge in [-0.15, -0.1) is 0 Å². The molecule has 1 N–H and O–H groups in total. The maximum Gasteiger partial charge on any atom is 0.125 e. The average molecular weight is 103 g/mol. The molecule has 0 radical (unpaired) electrons. The van der Waals surface area contributed by atoms with Crippen LogP contribution in [0.3, 0.4) is 0 Å². The molecule has 1 heterocycles. The molecule has 0 saturated carbocycles. The van der Waals surface area contributed by atoms with Gasteiger partial charge in [-0.25, -0.2) is 5.48 Å². The molecule has 1 saturated heterocycles. The van der Waals surface area contributed by atoms with E-state index in [1.54, 1.807) is 7.05 Å². The summed E-state index contributed by atoms with van der Waals surface area (Å²) in [6.07, 6.45) is 0.296. The molecular formula is C4H9NO2. The van der Waals surface area contributed by atoms with Crippen molar-refractivity contribution in [1.82, 2.24) is 5.48 Å². The normalized spacial score (nSPS) is 21.9. The molecule has 0 bridgehead atoms. The van der Waals surface area contributed by atoms with E-state index in [1.807, 2.05) is 0 Å². The third-order valence-electron chi connectivity index (χ3n) is 0.892. The van der Waals surface area contributed by atoms with Crippen LogP contribution < -0.4 is 5.48 Å². The second-order valence-corrected chi connectivity index (χ2v) is 1.48. The fourth-order valence-electron chi connectivity index (χ4n) is 0.449. The van der Waals surface area contributed by atoms with Gasteiger partial charge in [-0.2, -0.15) is 0 Å². The summed E-state index contributed by atoms with van der Waals surface area (Å²) < 4.78 is 4.82. The fraction of sp³-hybridized carbons (Fsp3) is 1.00. The van der Waals surface area contributed by atoms with Crippen molar-refractivity contribution >= 4 is 0 Å². The third kappa shape index (κ3) is 1.12. The number of nitrogens with one attached hydrogen (secondary N) is 1. The van der Waals surface area contributed by atoms with Crippen LogP contribution >= 0.6 is 0 Å². The van der Waals surface area contributed by atoms with Crippen LogP contribution in [0.2, 0.25) is 0 Å². The van der Waals surface area contributed by atoms with Gasteiger partial charge < -0.3 is 4.74 Å². The minimum Gasteiger partial charge on any atom is -0.376 e. The number of rotatable bonds is 2. The van der Waals surface area contributed by atoms with E-state index >= 15 is 0 Å². The smallest absolute Gasteiger partial charge is 0.125 e. The molecule has 0 unspecified atom stereocenters. The van der Waals surface area contributed by atoms with Crippen LogP contribution in [0.15, 0.2) is 0 Å². The molecule has 1 rings (SSSR count). The molecule has 0 aromatic heterocycles. The van der Waals surface area contributed by atoms with Gasteiger partial charge in [-0.05, 0) is 0 Å². The van der Waals surface area contributed by atoms with Crippen molar-refractivity contribution in [2.45, 2.75) is 6.10 Å². The Hall–Kier alpha value is -0.120. The first kappa shape index (κ1) is 5.03. The maximum absolute atomic E-state index is 4.90. The van der Waals surface area contributed by atoms with Crippen LogP contribution in [-0.2, 0) is 9.57 Å². The Morgan fingerprint density at radius 1 is 1.71 bits per heavy atom. The first-order valence-corrected chi connectivity index (χ1v) is 2.33. The summed E-state index contributed by atoms with van der Waals surface area (Å²) in [6.45, 7) is 1.47. The Bertz CT molecular complexity index is 53.7. The zero-order valence-corrected chi connectivity index (χ0v) is 4.31. The summed E-state index contributed by atoms with van der Waals surface area (Å²) in [5.74, 6) is 0. The van der Waals surface area contributed by atoms with Crippen molar-refractivity contribution < 1.29 is 9.57 Å². The van der Waals surface area contributed by atoms with E-state index in [4.69, 9.17) is 9.57 Å². The van der Waals surface area contributed by atoms with Gasteiger partial charge in [0.25, 0.3) is 0 Å². The molecule has 0 aliphatic carbocycles. The molecule has 0 amide bonds. The van der Waals surface area contributed by atoms with Crippen LogP contribution in [0.25, 0.3) is 0 Å². The maximum atomic E-state index is 4.90. The first-order chi connectivity index (χ1) is 3.43. The van der Waals surface area contributed by atoms with Crippen LogP contribution in [0.4, 0.5) is 0 Å². The average Bonchev–Trinajstić information content (AvgIpc) is 1.55. The quantitative estimate of drug-likeness (QED) is 0.479. The lowest BCUT2D eigenvalue weighted by molar-refractivity contribution is -0.157. The van der Waals surface area contributed by atoms with Crippen molar-refractivity contribution in [2.24, 2.45) is 0 Å². The zero-order valence-electron chi connectivity index (χ0n) is 4.31. The lowest BCUT2D eigenvalue weighted by Crippen LogP contribution is -2.39. The lowest BCUT2D eigenvalue weighted by Gasteiger charge is -2.24. The van der Waals surface area contributed by atoms with Crippen molar-refractivity contribution in [3.05, 3.63) is 0 Å². The molecule has 42 valence electrons. The van der Waals surface area contributed by atoms with E-state index in [2.05, 4.69) is 5.48 Å². The van der Waals surface area contributed by atoms with Gasteiger partial charge in [0.1, 0.15) is 6.10 Å².